The number of methoxy groups -OCH3 is 1. The number of nitriles is 1. The third kappa shape index (κ3) is 7.91. The van der Waals surface area contributed by atoms with Crippen LogP contribution < -0.4 is 10.6 Å². The van der Waals surface area contributed by atoms with Gasteiger partial charge in [-0.15, -0.1) is 0 Å². The van der Waals surface area contributed by atoms with Gasteiger partial charge in [-0.1, -0.05) is 43.3 Å². The van der Waals surface area contributed by atoms with E-state index in [4.69, 9.17) is 10.00 Å². The number of carbonyl (C=O) groups is 2. The summed E-state index contributed by atoms with van der Waals surface area (Å²) < 4.78 is 45.7. The van der Waals surface area contributed by atoms with Crippen molar-refractivity contribution in [2.75, 3.05) is 20.2 Å². The van der Waals surface area contributed by atoms with Gasteiger partial charge < -0.3 is 15.4 Å². The maximum Gasteiger partial charge on any atom is 0.407 e. The Morgan fingerprint density at radius 3 is 2.42 bits per heavy atom. The minimum absolute atomic E-state index is 0.0646. The van der Waals surface area contributed by atoms with Gasteiger partial charge in [0.2, 0.25) is 5.91 Å². The van der Waals surface area contributed by atoms with Gasteiger partial charge >= 0.3 is 12.1 Å². The van der Waals surface area contributed by atoms with Crippen molar-refractivity contribution in [3.05, 3.63) is 59.7 Å². The Bertz CT molecular complexity index is 985. The van der Waals surface area contributed by atoms with Gasteiger partial charge in [0.25, 0.3) is 0 Å². The molecule has 2 N–H and O–H groups in total. The molecule has 2 aromatic rings. The maximum atomic E-state index is 13.7. The number of esters is 1. The maximum absolute atomic E-state index is 13.7. The molecule has 0 heterocycles. The molecule has 0 saturated heterocycles. The molecule has 2 unspecified atom stereocenters. The van der Waals surface area contributed by atoms with Crippen molar-refractivity contribution >= 4 is 11.9 Å². The van der Waals surface area contributed by atoms with Gasteiger partial charge in [0, 0.05) is 6.42 Å². The van der Waals surface area contributed by atoms with Gasteiger partial charge in [-0.05, 0) is 47.7 Å². The van der Waals surface area contributed by atoms with E-state index >= 15 is 0 Å². The molecule has 0 fully saturated rings. The second-order valence-electron chi connectivity index (χ2n) is 7.66. The van der Waals surface area contributed by atoms with E-state index in [0.717, 1.165) is 0 Å². The van der Waals surface area contributed by atoms with Crippen LogP contribution in [0.2, 0.25) is 0 Å². The molecule has 176 valence electrons. The van der Waals surface area contributed by atoms with E-state index in [1.54, 1.807) is 49.4 Å². The molecule has 1 amide bonds. The lowest BCUT2D eigenvalue weighted by Gasteiger charge is -2.23. The molecule has 0 aliphatic carbocycles. The van der Waals surface area contributed by atoms with Gasteiger partial charge in [-0.2, -0.15) is 18.4 Å². The smallest absolute Gasteiger partial charge is 0.407 e. The molecule has 0 aliphatic rings. The van der Waals surface area contributed by atoms with Gasteiger partial charge in [0.15, 0.2) is 0 Å². The summed E-state index contributed by atoms with van der Waals surface area (Å²) in [5, 5.41) is 13.4. The summed E-state index contributed by atoms with van der Waals surface area (Å²) in [7, 11) is 1.28. The number of hydrogen-bond donors (Lipinski definition) is 2. The zero-order chi connectivity index (χ0) is 24.4. The molecule has 0 radical (unpaired) electrons. The first-order chi connectivity index (χ1) is 15.7. The van der Waals surface area contributed by atoms with Crippen LogP contribution in [0, 0.1) is 17.2 Å². The molecule has 2 aromatic carbocycles. The number of benzene rings is 2. The van der Waals surface area contributed by atoms with Crippen LogP contribution in [0.15, 0.2) is 48.5 Å². The third-order valence-corrected chi connectivity index (χ3v) is 5.07. The predicted octanol–water partition coefficient (Wildman–Crippen LogP) is 4.39. The van der Waals surface area contributed by atoms with Crippen molar-refractivity contribution in [1.29, 1.82) is 5.26 Å². The Balaban J connectivity index is 2.05. The minimum atomic E-state index is -4.50. The molecule has 6 nitrogen and oxygen atoms in total. The largest absolute Gasteiger partial charge is 0.465 e. The Morgan fingerprint density at radius 1 is 1.12 bits per heavy atom. The van der Waals surface area contributed by atoms with Gasteiger partial charge in [0.1, 0.15) is 12.6 Å². The molecule has 2 atom stereocenters. The number of nitrogens with zero attached hydrogens (tertiary/aromatic N) is 1. The standard InChI is InChI=1S/C24H26F3N3O3/c1-16(14-21(31)29-13-11-28)10-12-30-22(24(25,26)27)18-8-6-17(7-9-18)19-4-3-5-20(15-19)23(32)33-2/h3-9,15-16,22,30H,10,12-14H2,1-2H3,(H,29,31). The highest BCUT2D eigenvalue weighted by Gasteiger charge is 2.40. The molecule has 0 spiro atoms. The number of halogens is 3. The number of carbonyl (C=O) groups excluding carboxylic acids is 2. The zero-order valence-electron chi connectivity index (χ0n) is 18.4. The van der Waals surface area contributed by atoms with Crippen molar-refractivity contribution in [2.45, 2.75) is 32.0 Å². The fourth-order valence-corrected chi connectivity index (χ4v) is 3.34. The van der Waals surface area contributed by atoms with E-state index in [2.05, 4.69) is 10.6 Å². The highest BCUT2D eigenvalue weighted by Crippen LogP contribution is 2.34. The van der Waals surface area contributed by atoms with Crippen LogP contribution in [0.5, 0.6) is 0 Å². The van der Waals surface area contributed by atoms with Crippen molar-refractivity contribution in [3.8, 4) is 17.2 Å². The molecular formula is C24H26F3N3O3. The normalized spacial score (nSPS) is 13.0. The monoisotopic (exact) mass is 461 g/mol. The Morgan fingerprint density at radius 2 is 1.82 bits per heavy atom. The minimum Gasteiger partial charge on any atom is -0.465 e. The fourth-order valence-electron chi connectivity index (χ4n) is 3.34. The first-order valence-electron chi connectivity index (χ1n) is 10.4. The summed E-state index contributed by atoms with van der Waals surface area (Å²) in [5.74, 6) is -0.940. The molecule has 33 heavy (non-hydrogen) atoms. The number of alkyl halides is 3. The number of hydrogen-bond acceptors (Lipinski definition) is 5. The average molecular weight is 461 g/mol. The van der Waals surface area contributed by atoms with Crippen LogP contribution in [-0.2, 0) is 9.53 Å². The van der Waals surface area contributed by atoms with Gasteiger partial charge in [0.05, 0.1) is 18.7 Å². The summed E-state index contributed by atoms with van der Waals surface area (Å²) in [6.45, 7) is 1.75. The first kappa shape index (κ1) is 25.9. The van der Waals surface area contributed by atoms with Crippen LogP contribution in [0.4, 0.5) is 13.2 Å². The van der Waals surface area contributed by atoms with E-state index in [-0.39, 0.29) is 36.9 Å². The lowest BCUT2D eigenvalue weighted by Crippen LogP contribution is -2.35. The molecule has 0 aliphatic heterocycles. The van der Waals surface area contributed by atoms with E-state index in [0.29, 0.717) is 23.1 Å². The number of rotatable bonds is 10. The Labute approximate surface area is 190 Å². The van der Waals surface area contributed by atoms with Crippen LogP contribution in [0.25, 0.3) is 11.1 Å². The Kier molecular flexibility index (Phi) is 9.43. The highest BCUT2D eigenvalue weighted by atomic mass is 19.4. The molecule has 2 rings (SSSR count). The molecule has 9 heteroatoms. The third-order valence-electron chi connectivity index (χ3n) is 5.07. The fraction of sp³-hybridized carbons (Fsp3) is 0.375. The molecular weight excluding hydrogens is 435 g/mol. The van der Waals surface area contributed by atoms with Gasteiger partial charge in [-0.25, -0.2) is 4.79 Å². The molecule has 0 bridgehead atoms. The average Bonchev–Trinajstić information content (AvgIpc) is 2.79. The number of ether oxygens (including phenoxy) is 1. The molecule has 0 aromatic heterocycles. The van der Waals surface area contributed by atoms with Crippen LogP contribution >= 0.6 is 0 Å². The second-order valence-corrected chi connectivity index (χ2v) is 7.66. The van der Waals surface area contributed by atoms with Crippen LogP contribution in [-0.4, -0.2) is 38.3 Å². The van der Waals surface area contributed by atoms with E-state index < -0.39 is 18.2 Å². The summed E-state index contributed by atoms with van der Waals surface area (Å²) in [6.07, 6.45) is -4.00. The SMILES string of the molecule is COC(=O)c1cccc(-c2ccc(C(NCCC(C)CC(=O)NCC#N)C(F)(F)F)cc2)c1. The highest BCUT2D eigenvalue weighted by molar-refractivity contribution is 5.91. The summed E-state index contributed by atoms with van der Waals surface area (Å²) in [6, 6.07) is 12.6. The summed E-state index contributed by atoms with van der Waals surface area (Å²) in [5.41, 5.74) is 1.77. The van der Waals surface area contributed by atoms with Crippen molar-refractivity contribution < 1.29 is 27.5 Å². The quantitative estimate of drug-likeness (QED) is 0.405. The van der Waals surface area contributed by atoms with Crippen molar-refractivity contribution in [3.63, 3.8) is 0 Å². The van der Waals surface area contributed by atoms with Crippen LogP contribution in [0.3, 0.4) is 0 Å². The van der Waals surface area contributed by atoms with E-state index in [1.807, 2.05) is 0 Å². The number of nitrogens with one attached hydrogen (secondary N) is 2. The molecule has 0 saturated carbocycles. The predicted molar refractivity (Wildman–Crippen MR) is 117 cm³/mol. The zero-order valence-corrected chi connectivity index (χ0v) is 18.4. The summed E-state index contributed by atoms with van der Waals surface area (Å²) >= 11 is 0. The van der Waals surface area contributed by atoms with Crippen molar-refractivity contribution in [1.82, 2.24) is 10.6 Å². The number of amides is 1. The lowest BCUT2D eigenvalue weighted by molar-refractivity contribution is -0.157. The lowest BCUT2D eigenvalue weighted by atomic mass is 9.98. The van der Waals surface area contributed by atoms with E-state index in [9.17, 15) is 22.8 Å². The van der Waals surface area contributed by atoms with E-state index in [1.165, 1.54) is 19.2 Å². The van der Waals surface area contributed by atoms with Crippen molar-refractivity contribution in [2.24, 2.45) is 5.92 Å². The van der Waals surface area contributed by atoms with Gasteiger partial charge in [-0.3, -0.25) is 4.79 Å². The first-order valence-corrected chi connectivity index (χ1v) is 10.4. The van der Waals surface area contributed by atoms with Crippen LogP contribution in [0.1, 0.15) is 41.7 Å². The topological polar surface area (TPSA) is 91.2 Å². The summed E-state index contributed by atoms with van der Waals surface area (Å²) in [4.78, 5) is 23.3. The Hall–Kier alpha value is -3.38. The second kappa shape index (κ2) is 12.0.